The lowest BCUT2D eigenvalue weighted by Gasteiger charge is -2.15. The average molecular weight is 517 g/mol. The Balaban J connectivity index is 2.11. The zero-order chi connectivity index (χ0) is 18.4. The first-order chi connectivity index (χ1) is 11.9. The number of methoxy groups -OCH3 is 1. The Bertz CT molecular complexity index is 777. The minimum absolute atomic E-state index is 0.0259. The van der Waals surface area contributed by atoms with E-state index < -0.39 is 0 Å². The van der Waals surface area contributed by atoms with Crippen LogP contribution in [0.4, 0.5) is 0 Å². The fourth-order valence-electron chi connectivity index (χ4n) is 2.00. The number of amides is 1. The number of hydrogen-bond donors (Lipinski definition) is 1. The highest BCUT2D eigenvalue weighted by atomic mass is 127. The summed E-state index contributed by atoms with van der Waals surface area (Å²) in [6, 6.07) is 10.9. The third kappa shape index (κ3) is 5.71. The molecule has 25 heavy (non-hydrogen) atoms. The molecule has 0 heterocycles. The second-order valence-corrected chi connectivity index (χ2v) is 7.51. The quantitative estimate of drug-likeness (QED) is 0.346. The lowest BCUT2D eigenvalue weighted by atomic mass is 10.2. The number of rotatable bonds is 6. The zero-order valence-corrected chi connectivity index (χ0v) is 17.8. The Kier molecular flexibility index (Phi) is 7.24. The third-order valence-electron chi connectivity index (χ3n) is 3.09. The van der Waals surface area contributed by atoms with Crippen LogP contribution in [-0.4, -0.2) is 25.3 Å². The van der Waals surface area contributed by atoms with E-state index in [9.17, 15) is 4.79 Å². The van der Waals surface area contributed by atoms with E-state index in [1.54, 1.807) is 31.5 Å². The number of hydrogen-bond acceptors (Lipinski definition) is 4. The van der Waals surface area contributed by atoms with Crippen LogP contribution in [0.2, 0.25) is 0 Å². The Morgan fingerprint density at radius 2 is 1.96 bits per heavy atom. The van der Waals surface area contributed by atoms with Crippen molar-refractivity contribution in [3.05, 3.63) is 55.6 Å². The molecule has 132 valence electrons. The molecule has 2 aromatic rings. The molecule has 1 N–H and O–H groups in total. The van der Waals surface area contributed by atoms with Crippen LogP contribution in [0, 0.1) is 3.57 Å². The molecule has 2 aromatic carbocycles. The second-order valence-electron chi connectivity index (χ2n) is 5.41. The number of hydrazone groups is 1. The van der Waals surface area contributed by atoms with Crippen LogP contribution >= 0.6 is 38.5 Å². The van der Waals surface area contributed by atoms with Crippen LogP contribution in [0.25, 0.3) is 0 Å². The molecule has 0 saturated heterocycles. The molecule has 0 aliphatic rings. The second kappa shape index (κ2) is 9.19. The minimum Gasteiger partial charge on any atom is -0.493 e. The molecular weight excluding hydrogens is 499 g/mol. The molecule has 0 aliphatic heterocycles. The largest absolute Gasteiger partial charge is 0.493 e. The third-order valence-corrected chi connectivity index (χ3v) is 4.40. The van der Waals surface area contributed by atoms with E-state index in [2.05, 4.69) is 49.0 Å². The standard InChI is InChI=1S/C18H18BrIN2O3/c1-11(2)25-17-15(19)8-12(9-16(17)24-3)10-21-22-18(23)13-4-6-14(20)7-5-13/h4-11H,1-3H3,(H,22,23)/b21-10-. The molecule has 0 fully saturated rings. The van der Waals surface area contributed by atoms with E-state index in [0.717, 1.165) is 13.6 Å². The first kappa shape index (κ1) is 19.7. The van der Waals surface area contributed by atoms with Gasteiger partial charge in [-0.2, -0.15) is 5.10 Å². The summed E-state index contributed by atoms with van der Waals surface area (Å²) in [5.74, 6) is 0.963. The maximum Gasteiger partial charge on any atom is 0.271 e. The highest BCUT2D eigenvalue weighted by Crippen LogP contribution is 2.36. The Morgan fingerprint density at radius 1 is 1.28 bits per heavy atom. The van der Waals surface area contributed by atoms with Crippen LogP contribution in [0.1, 0.15) is 29.8 Å². The van der Waals surface area contributed by atoms with Crippen LogP contribution < -0.4 is 14.9 Å². The van der Waals surface area contributed by atoms with Gasteiger partial charge in [-0.3, -0.25) is 4.79 Å². The van der Waals surface area contributed by atoms with E-state index in [4.69, 9.17) is 9.47 Å². The summed E-state index contributed by atoms with van der Waals surface area (Å²) in [5.41, 5.74) is 3.83. The molecule has 0 saturated carbocycles. The molecule has 0 spiro atoms. The van der Waals surface area contributed by atoms with Gasteiger partial charge in [-0.05, 0) is 94.3 Å². The minimum atomic E-state index is -0.265. The van der Waals surface area contributed by atoms with Crippen LogP contribution in [0.15, 0.2) is 46.0 Å². The Hall–Kier alpha value is -1.61. The SMILES string of the molecule is COc1cc(/C=N\NC(=O)c2ccc(I)cc2)cc(Br)c1OC(C)C. The smallest absolute Gasteiger partial charge is 0.271 e. The van der Waals surface area contributed by atoms with Gasteiger partial charge in [-0.25, -0.2) is 5.43 Å². The fourth-order valence-corrected chi connectivity index (χ4v) is 2.91. The van der Waals surface area contributed by atoms with Crippen molar-refractivity contribution in [2.75, 3.05) is 7.11 Å². The summed E-state index contributed by atoms with van der Waals surface area (Å²) in [4.78, 5) is 12.0. The number of carbonyl (C=O) groups excluding carboxylic acids is 1. The average Bonchev–Trinajstić information content (AvgIpc) is 2.57. The molecule has 1 amide bonds. The van der Waals surface area contributed by atoms with E-state index in [-0.39, 0.29) is 12.0 Å². The van der Waals surface area contributed by atoms with Crippen LogP contribution in [0.3, 0.4) is 0 Å². The van der Waals surface area contributed by atoms with Crippen molar-refractivity contribution >= 4 is 50.6 Å². The highest BCUT2D eigenvalue weighted by Gasteiger charge is 2.12. The van der Waals surface area contributed by atoms with Gasteiger partial charge in [-0.1, -0.05) is 0 Å². The van der Waals surface area contributed by atoms with Gasteiger partial charge in [0.25, 0.3) is 5.91 Å². The molecule has 2 rings (SSSR count). The maximum absolute atomic E-state index is 12.0. The number of benzene rings is 2. The van der Waals surface area contributed by atoms with Crippen molar-refractivity contribution in [2.45, 2.75) is 20.0 Å². The highest BCUT2D eigenvalue weighted by molar-refractivity contribution is 14.1. The summed E-state index contributed by atoms with van der Waals surface area (Å²) in [7, 11) is 1.58. The van der Waals surface area contributed by atoms with E-state index in [1.807, 2.05) is 32.0 Å². The number of carbonyl (C=O) groups is 1. The van der Waals surface area contributed by atoms with Crippen LogP contribution in [-0.2, 0) is 0 Å². The summed E-state index contributed by atoms with van der Waals surface area (Å²) < 4.78 is 12.9. The van der Waals surface area contributed by atoms with E-state index >= 15 is 0 Å². The van der Waals surface area contributed by atoms with Gasteiger partial charge >= 0.3 is 0 Å². The van der Waals surface area contributed by atoms with Crippen molar-refractivity contribution in [3.63, 3.8) is 0 Å². The van der Waals surface area contributed by atoms with Gasteiger partial charge in [0.15, 0.2) is 11.5 Å². The van der Waals surface area contributed by atoms with Gasteiger partial charge in [0.05, 0.1) is 23.9 Å². The fraction of sp³-hybridized carbons (Fsp3) is 0.222. The molecule has 0 atom stereocenters. The van der Waals surface area contributed by atoms with E-state index in [0.29, 0.717) is 17.1 Å². The van der Waals surface area contributed by atoms with Crippen LogP contribution in [0.5, 0.6) is 11.5 Å². The number of ether oxygens (including phenoxy) is 2. The molecule has 0 radical (unpaired) electrons. The molecular formula is C18H18BrIN2O3. The van der Waals surface area contributed by atoms with Gasteiger partial charge in [0.1, 0.15) is 0 Å². The van der Waals surface area contributed by atoms with Gasteiger partial charge in [0, 0.05) is 9.13 Å². The Labute approximate surface area is 169 Å². The molecule has 0 aliphatic carbocycles. The summed E-state index contributed by atoms with van der Waals surface area (Å²) >= 11 is 5.66. The van der Waals surface area contributed by atoms with Gasteiger partial charge < -0.3 is 9.47 Å². The molecule has 0 unspecified atom stereocenters. The summed E-state index contributed by atoms with van der Waals surface area (Å²) in [6.45, 7) is 3.89. The zero-order valence-electron chi connectivity index (χ0n) is 14.0. The lowest BCUT2D eigenvalue weighted by Crippen LogP contribution is -2.17. The van der Waals surface area contributed by atoms with E-state index in [1.165, 1.54) is 0 Å². The molecule has 0 bridgehead atoms. The Morgan fingerprint density at radius 3 is 2.56 bits per heavy atom. The van der Waals surface area contributed by atoms with Crippen molar-refractivity contribution in [1.82, 2.24) is 5.43 Å². The normalized spacial score (nSPS) is 11.0. The monoisotopic (exact) mass is 516 g/mol. The number of nitrogens with one attached hydrogen (secondary N) is 1. The first-order valence-corrected chi connectivity index (χ1v) is 9.41. The van der Waals surface area contributed by atoms with Crippen molar-refractivity contribution < 1.29 is 14.3 Å². The maximum atomic E-state index is 12.0. The summed E-state index contributed by atoms with van der Waals surface area (Å²) in [5, 5.41) is 4.00. The van der Waals surface area contributed by atoms with Crippen molar-refractivity contribution in [3.8, 4) is 11.5 Å². The lowest BCUT2D eigenvalue weighted by molar-refractivity contribution is 0.0955. The summed E-state index contributed by atoms with van der Waals surface area (Å²) in [6.07, 6.45) is 1.58. The molecule has 7 heteroatoms. The predicted molar refractivity (Wildman–Crippen MR) is 111 cm³/mol. The number of halogens is 2. The van der Waals surface area contributed by atoms with Crippen molar-refractivity contribution in [1.29, 1.82) is 0 Å². The first-order valence-electron chi connectivity index (χ1n) is 7.54. The topological polar surface area (TPSA) is 59.9 Å². The number of nitrogens with zero attached hydrogens (tertiary/aromatic N) is 1. The van der Waals surface area contributed by atoms with Gasteiger partial charge in [-0.15, -0.1) is 0 Å². The molecule has 0 aromatic heterocycles. The van der Waals surface area contributed by atoms with Gasteiger partial charge in [0.2, 0.25) is 0 Å². The predicted octanol–water partition coefficient (Wildman–Crippen LogP) is 4.61. The van der Waals surface area contributed by atoms with Crippen molar-refractivity contribution in [2.24, 2.45) is 5.10 Å². The molecule has 5 nitrogen and oxygen atoms in total.